The maximum Gasteiger partial charge on any atom is 0.243 e. The van der Waals surface area contributed by atoms with Gasteiger partial charge in [0.2, 0.25) is 10.0 Å². The largest absolute Gasteiger partial charge is 0.390 e. The first-order valence-electron chi connectivity index (χ1n) is 11.3. The second-order valence-corrected chi connectivity index (χ2v) is 10.1. The molecule has 0 aliphatic rings. The Morgan fingerprint density at radius 3 is 2.21 bits per heavy atom. The summed E-state index contributed by atoms with van der Waals surface area (Å²) in [5.74, 6) is -0.0137. The van der Waals surface area contributed by atoms with E-state index in [1.54, 1.807) is 36.4 Å². The number of sulfonamides is 1. The molecule has 5 N–H and O–H groups in total. The highest BCUT2D eigenvalue weighted by Gasteiger charge is 2.26. The van der Waals surface area contributed by atoms with Gasteiger partial charge >= 0.3 is 0 Å². The van der Waals surface area contributed by atoms with Crippen molar-refractivity contribution in [2.45, 2.75) is 30.8 Å². The molecule has 0 saturated heterocycles. The summed E-state index contributed by atoms with van der Waals surface area (Å²) in [6, 6.07) is 23.6. The zero-order valence-electron chi connectivity index (χ0n) is 19.3. The second-order valence-electron chi connectivity index (χ2n) is 8.13. The number of aliphatic hydroxyl groups excluding tert-OH is 1. The van der Waals surface area contributed by atoms with Crippen LogP contribution >= 0.6 is 0 Å². The normalized spacial score (nSPS) is 12.4. The van der Waals surface area contributed by atoms with Crippen molar-refractivity contribution >= 4 is 21.5 Å². The van der Waals surface area contributed by atoms with Gasteiger partial charge in [0.05, 0.1) is 11.0 Å². The number of aliphatic hydroxyl groups is 1. The van der Waals surface area contributed by atoms with E-state index in [0.717, 1.165) is 23.2 Å². The summed E-state index contributed by atoms with van der Waals surface area (Å²) < 4.78 is 28.1. The summed E-state index contributed by atoms with van der Waals surface area (Å²) in [7, 11) is -3.76. The number of nitrogens with zero attached hydrogens (tertiary/aromatic N) is 1. The van der Waals surface area contributed by atoms with Crippen molar-refractivity contribution in [3.05, 3.63) is 84.4 Å². The maximum atomic E-state index is 13.4. The highest BCUT2D eigenvalue weighted by Crippen LogP contribution is 2.23. The average Bonchev–Trinajstić information content (AvgIpc) is 2.86. The Morgan fingerprint density at radius 1 is 1.00 bits per heavy atom. The van der Waals surface area contributed by atoms with Crippen LogP contribution in [0.2, 0.25) is 0 Å². The van der Waals surface area contributed by atoms with E-state index in [4.69, 9.17) is 11.1 Å². The molecule has 0 saturated carbocycles. The average molecular weight is 481 g/mol. The van der Waals surface area contributed by atoms with Gasteiger partial charge in [0.25, 0.3) is 0 Å². The second kappa shape index (κ2) is 11.8. The van der Waals surface area contributed by atoms with Gasteiger partial charge in [-0.3, -0.25) is 5.41 Å². The number of unbranched alkanes of at least 4 members (excludes halogenated alkanes) is 1. The molecule has 0 bridgehead atoms. The summed E-state index contributed by atoms with van der Waals surface area (Å²) in [5, 5.41) is 21.2. The zero-order valence-corrected chi connectivity index (χ0v) is 20.1. The van der Waals surface area contributed by atoms with Crippen LogP contribution in [0.3, 0.4) is 0 Å². The summed E-state index contributed by atoms with van der Waals surface area (Å²) in [6.07, 6.45) is 0.645. The third-order valence-electron chi connectivity index (χ3n) is 5.51. The summed E-state index contributed by atoms with van der Waals surface area (Å²) in [4.78, 5) is 0.211. The summed E-state index contributed by atoms with van der Waals surface area (Å²) >= 11 is 0. The summed E-state index contributed by atoms with van der Waals surface area (Å²) in [5.41, 5.74) is 8.80. The third kappa shape index (κ3) is 6.66. The zero-order chi connectivity index (χ0) is 24.6. The Hall–Kier alpha value is -3.20. The van der Waals surface area contributed by atoms with E-state index >= 15 is 0 Å². The van der Waals surface area contributed by atoms with Crippen molar-refractivity contribution < 1.29 is 13.5 Å². The van der Waals surface area contributed by atoms with Gasteiger partial charge in [0.1, 0.15) is 5.84 Å². The first-order chi connectivity index (χ1) is 16.3. The van der Waals surface area contributed by atoms with Crippen LogP contribution in [0, 0.1) is 5.41 Å². The molecule has 3 aromatic rings. The highest BCUT2D eigenvalue weighted by atomic mass is 32.2. The van der Waals surface area contributed by atoms with Crippen molar-refractivity contribution in [2.75, 3.05) is 25.0 Å². The molecule has 7 nitrogen and oxygen atoms in total. The van der Waals surface area contributed by atoms with Gasteiger partial charge in [-0.25, -0.2) is 8.42 Å². The lowest BCUT2D eigenvalue weighted by Gasteiger charge is -2.25. The van der Waals surface area contributed by atoms with Gasteiger partial charge in [0, 0.05) is 30.9 Å². The van der Waals surface area contributed by atoms with Gasteiger partial charge < -0.3 is 16.2 Å². The van der Waals surface area contributed by atoms with E-state index in [9.17, 15) is 13.5 Å². The number of nitrogens with two attached hydrogens (primary N) is 1. The minimum Gasteiger partial charge on any atom is -0.390 e. The van der Waals surface area contributed by atoms with E-state index in [1.165, 1.54) is 4.31 Å². The topological polar surface area (TPSA) is 120 Å². The predicted molar refractivity (Wildman–Crippen MR) is 137 cm³/mol. The van der Waals surface area contributed by atoms with E-state index in [2.05, 4.69) is 5.32 Å². The summed E-state index contributed by atoms with van der Waals surface area (Å²) in [6.45, 7) is 2.51. The number of benzene rings is 3. The van der Waals surface area contributed by atoms with Crippen LogP contribution in [0.4, 0.5) is 5.69 Å². The molecule has 1 atom stereocenters. The first-order valence-corrected chi connectivity index (χ1v) is 12.8. The number of hydrogen-bond donors (Lipinski definition) is 4. The Balaban J connectivity index is 1.68. The Bertz CT molecular complexity index is 1160. The van der Waals surface area contributed by atoms with Crippen LogP contribution in [-0.2, 0) is 10.0 Å². The predicted octanol–water partition coefficient (Wildman–Crippen LogP) is 3.90. The van der Waals surface area contributed by atoms with Crippen LogP contribution in [0.1, 0.15) is 25.3 Å². The van der Waals surface area contributed by atoms with E-state index in [1.807, 2.05) is 49.4 Å². The van der Waals surface area contributed by atoms with Crippen LogP contribution in [0.5, 0.6) is 0 Å². The fourth-order valence-electron chi connectivity index (χ4n) is 3.55. The van der Waals surface area contributed by atoms with Gasteiger partial charge in [-0.15, -0.1) is 0 Å². The smallest absolute Gasteiger partial charge is 0.243 e. The number of rotatable bonds is 12. The number of nitrogens with one attached hydrogen (secondary N) is 2. The van der Waals surface area contributed by atoms with Gasteiger partial charge in [-0.05, 0) is 53.9 Å². The molecule has 0 radical (unpaired) electrons. The fraction of sp³-hybridized carbons (Fsp3) is 0.269. The lowest BCUT2D eigenvalue weighted by atomic mass is 10.1. The molecule has 0 amide bonds. The molecule has 0 aliphatic carbocycles. The molecule has 0 aliphatic heterocycles. The van der Waals surface area contributed by atoms with Crippen molar-refractivity contribution in [3.8, 4) is 11.1 Å². The van der Waals surface area contributed by atoms with Gasteiger partial charge in [-0.1, -0.05) is 55.8 Å². The fourth-order valence-corrected chi connectivity index (χ4v) is 5.06. The minimum atomic E-state index is -3.76. The Kier molecular flexibility index (Phi) is 8.81. The molecular weight excluding hydrogens is 448 g/mol. The van der Waals surface area contributed by atoms with Crippen LogP contribution in [0.25, 0.3) is 11.1 Å². The number of nitrogen functional groups attached to an aromatic ring is 1. The molecule has 180 valence electrons. The quantitative estimate of drug-likeness (QED) is 0.232. The molecule has 0 aromatic heterocycles. The Labute approximate surface area is 201 Å². The molecule has 3 aromatic carbocycles. The van der Waals surface area contributed by atoms with Crippen LogP contribution < -0.4 is 11.1 Å². The SMILES string of the molecule is CCCCN(CC(O)CNc1ccc(C(=N)N)cc1)S(=O)(=O)c1ccc(-c2ccccc2)cc1. The van der Waals surface area contributed by atoms with Crippen molar-refractivity contribution in [1.29, 1.82) is 5.41 Å². The molecule has 0 heterocycles. The minimum absolute atomic E-state index is 0.0126. The lowest BCUT2D eigenvalue weighted by molar-refractivity contribution is 0.156. The number of anilines is 1. The van der Waals surface area contributed by atoms with Crippen molar-refractivity contribution in [2.24, 2.45) is 5.73 Å². The molecule has 34 heavy (non-hydrogen) atoms. The van der Waals surface area contributed by atoms with E-state index in [0.29, 0.717) is 18.5 Å². The van der Waals surface area contributed by atoms with Gasteiger partial charge in [0.15, 0.2) is 0 Å². The number of amidine groups is 1. The lowest BCUT2D eigenvalue weighted by Crippen LogP contribution is -2.40. The van der Waals surface area contributed by atoms with Crippen molar-refractivity contribution in [1.82, 2.24) is 4.31 Å². The monoisotopic (exact) mass is 480 g/mol. The maximum absolute atomic E-state index is 13.4. The molecule has 8 heteroatoms. The van der Waals surface area contributed by atoms with Crippen molar-refractivity contribution in [3.63, 3.8) is 0 Å². The van der Waals surface area contributed by atoms with Crippen LogP contribution in [0.15, 0.2) is 83.8 Å². The number of hydrogen-bond acceptors (Lipinski definition) is 5. The molecule has 0 spiro atoms. The van der Waals surface area contributed by atoms with Gasteiger partial charge in [-0.2, -0.15) is 4.31 Å². The molecule has 0 fully saturated rings. The van der Waals surface area contributed by atoms with E-state index < -0.39 is 16.1 Å². The molecule has 3 rings (SSSR count). The first kappa shape index (κ1) is 25.4. The highest BCUT2D eigenvalue weighted by molar-refractivity contribution is 7.89. The standard InChI is InChI=1S/C26H32N4O3S/c1-2-3-17-30(19-24(31)18-29-23-13-9-22(10-14-23)26(27)28)34(32,33)25-15-11-21(12-16-25)20-7-5-4-6-8-20/h4-16,24,29,31H,2-3,17-19H2,1H3,(H3,27,28). The molecular formula is C26H32N4O3S. The Morgan fingerprint density at radius 2 is 1.62 bits per heavy atom. The van der Waals surface area contributed by atoms with E-state index in [-0.39, 0.29) is 23.8 Å². The molecule has 1 unspecified atom stereocenters. The third-order valence-corrected chi connectivity index (χ3v) is 7.39. The van der Waals surface area contributed by atoms with Crippen LogP contribution in [-0.4, -0.2) is 49.4 Å².